The summed E-state index contributed by atoms with van der Waals surface area (Å²) in [6.45, 7) is 13.0. The zero-order valence-electron chi connectivity index (χ0n) is 17.7. The number of nitrogens with zero attached hydrogens (tertiary/aromatic N) is 2. The molecule has 2 heterocycles. The monoisotopic (exact) mass is 374 g/mol. The molecule has 3 N–H and O–H groups in total. The highest BCUT2D eigenvalue weighted by molar-refractivity contribution is 6.02. The molecule has 1 atom stereocenters. The number of aryl methyl sites for hydroxylation is 1. The number of benzene rings is 1. The summed E-state index contributed by atoms with van der Waals surface area (Å²) in [7, 11) is 1.82. The van der Waals surface area contributed by atoms with Gasteiger partial charge in [-0.15, -0.1) is 0 Å². The first kappa shape index (κ1) is 22.7. The zero-order valence-corrected chi connectivity index (χ0v) is 17.7. The summed E-state index contributed by atoms with van der Waals surface area (Å²) in [4.78, 5) is 23.1. The molecule has 150 valence electrons. The van der Waals surface area contributed by atoms with E-state index in [1.54, 1.807) is 10.7 Å². The minimum Gasteiger partial charge on any atom is -0.399 e. The molecule has 3 rings (SSSR count). The number of carbonyl (C=O) groups excluding carboxylic acids is 2. The number of nitrogen functional groups attached to an aromatic ring is 1. The minimum absolute atomic E-state index is 0.217. The molecule has 0 bridgehead atoms. The van der Waals surface area contributed by atoms with Gasteiger partial charge in [-0.1, -0.05) is 48.0 Å². The minimum atomic E-state index is -0.370. The van der Waals surface area contributed by atoms with E-state index in [1.165, 1.54) is 6.42 Å². The Balaban J connectivity index is 0.000000390. The van der Waals surface area contributed by atoms with Crippen molar-refractivity contribution in [1.29, 1.82) is 0 Å². The maximum Gasteiger partial charge on any atom is 0.235 e. The summed E-state index contributed by atoms with van der Waals surface area (Å²) in [6, 6.07) is 5.49. The number of carbonyl (C=O) groups is 2. The molecule has 0 aliphatic carbocycles. The Kier molecular flexibility index (Phi) is 8.00. The van der Waals surface area contributed by atoms with Crippen molar-refractivity contribution in [1.82, 2.24) is 15.1 Å². The van der Waals surface area contributed by atoms with Crippen LogP contribution in [-0.4, -0.2) is 21.6 Å². The second-order valence-corrected chi connectivity index (χ2v) is 8.50. The fourth-order valence-electron chi connectivity index (χ4n) is 2.51. The number of amides is 2. The van der Waals surface area contributed by atoms with E-state index in [4.69, 9.17) is 5.73 Å². The van der Waals surface area contributed by atoms with Gasteiger partial charge in [0.2, 0.25) is 11.8 Å². The van der Waals surface area contributed by atoms with Crippen LogP contribution in [0.3, 0.4) is 0 Å². The Labute approximate surface area is 162 Å². The van der Waals surface area contributed by atoms with Gasteiger partial charge in [-0.25, -0.2) is 0 Å². The van der Waals surface area contributed by atoms with E-state index in [1.807, 2.05) is 19.2 Å². The van der Waals surface area contributed by atoms with Gasteiger partial charge in [0.25, 0.3) is 0 Å². The quantitative estimate of drug-likeness (QED) is 0.580. The smallest absolute Gasteiger partial charge is 0.235 e. The number of nitrogens with one attached hydrogen (secondary N) is 1. The van der Waals surface area contributed by atoms with Crippen molar-refractivity contribution in [3.63, 3.8) is 0 Å². The van der Waals surface area contributed by atoms with Crippen molar-refractivity contribution in [2.24, 2.45) is 12.5 Å². The third-order valence-corrected chi connectivity index (χ3v) is 3.47. The van der Waals surface area contributed by atoms with E-state index in [9.17, 15) is 9.59 Å². The average molecular weight is 375 g/mol. The molecule has 1 aliphatic rings. The molecule has 1 aromatic heterocycles. The standard InChI is InChI=1S/C13H14N4O2.C5H12.C3H8/c1-17-10-6-7(14)2-3-8(10)12(16-17)9-4-5-11(18)15-13(9)19;1-5(2,3)4;1-3-2/h2-3,6,9H,4-5,14H2,1H3,(H,15,18,19);1-4H3;3H2,1-2H3. The van der Waals surface area contributed by atoms with Gasteiger partial charge in [-0.2, -0.15) is 5.10 Å². The fourth-order valence-corrected chi connectivity index (χ4v) is 2.51. The molecular formula is C21H34N4O2. The lowest BCUT2D eigenvalue weighted by molar-refractivity contribution is -0.134. The van der Waals surface area contributed by atoms with E-state index >= 15 is 0 Å². The highest BCUT2D eigenvalue weighted by Crippen LogP contribution is 2.30. The van der Waals surface area contributed by atoms with Crippen molar-refractivity contribution in [2.45, 2.75) is 66.7 Å². The van der Waals surface area contributed by atoms with Crippen LogP contribution in [0, 0.1) is 5.41 Å². The van der Waals surface area contributed by atoms with Crippen molar-refractivity contribution in [2.75, 3.05) is 5.73 Å². The lowest BCUT2D eigenvalue weighted by atomic mass is 9.93. The van der Waals surface area contributed by atoms with Gasteiger partial charge in [0.05, 0.1) is 17.1 Å². The Morgan fingerprint density at radius 3 is 2.30 bits per heavy atom. The van der Waals surface area contributed by atoms with Gasteiger partial charge < -0.3 is 5.73 Å². The molecule has 2 amide bonds. The van der Waals surface area contributed by atoms with E-state index in [0.717, 1.165) is 10.9 Å². The van der Waals surface area contributed by atoms with Gasteiger partial charge in [0.1, 0.15) is 0 Å². The molecule has 1 aromatic carbocycles. The number of piperidine rings is 1. The number of rotatable bonds is 1. The van der Waals surface area contributed by atoms with Crippen LogP contribution < -0.4 is 11.1 Å². The van der Waals surface area contributed by atoms with Crippen LogP contribution in [0.5, 0.6) is 0 Å². The van der Waals surface area contributed by atoms with Gasteiger partial charge in [-0.3, -0.25) is 19.6 Å². The van der Waals surface area contributed by atoms with Gasteiger partial charge in [0, 0.05) is 24.5 Å². The molecule has 6 nitrogen and oxygen atoms in total. The zero-order chi connectivity index (χ0) is 20.8. The van der Waals surface area contributed by atoms with E-state index < -0.39 is 0 Å². The normalized spacial score (nSPS) is 16.8. The molecule has 1 aliphatic heterocycles. The molecule has 1 saturated heterocycles. The van der Waals surface area contributed by atoms with Crippen LogP contribution in [-0.2, 0) is 16.6 Å². The lowest BCUT2D eigenvalue weighted by Crippen LogP contribution is -2.39. The van der Waals surface area contributed by atoms with Crippen LogP contribution in [0.4, 0.5) is 5.69 Å². The predicted octanol–water partition coefficient (Wildman–Crippen LogP) is 4.14. The number of imide groups is 1. The lowest BCUT2D eigenvalue weighted by Gasteiger charge is -2.19. The van der Waals surface area contributed by atoms with Crippen LogP contribution >= 0.6 is 0 Å². The maximum absolute atomic E-state index is 11.9. The Morgan fingerprint density at radius 2 is 1.78 bits per heavy atom. The van der Waals surface area contributed by atoms with Gasteiger partial charge in [-0.05, 0) is 30.0 Å². The third-order valence-electron chi connectivity index (χ3n) is 3.47. The summed E-state index contributed by atoms with van der Waals surface area (Å²) in [5.41, 5.74) is 8.52. The van der Waals surface area contributed by atoms with Crippen LogP contribution in [0.15, 0.2) is 18.2 Å². The number of fused-ring (bicyclic) bond motifs is 1. The fraction of sp³-hybridized carbons (Fsp3) is 0.571. The molecule has 1 fully saturated rings. The molecule has 6 heteroatoms. The summed E-state index contributed by atoms with van der Waals surface area (Å²) >= 11 is 0. The van der Waals surface area contributed by atoms with E-state index in [0.29, 0.717) is 29.6 Å². The number of hydrogen-bond donors (Lipinski definition) is 2. The Morgan fingerprint density at radius 1 is 1.22 bits per heavy atom. The summed E-state index contributed by atoms with van der Waals surface area (Å²) in [5, 5.41) is 7.69. The van der Waals surface area contributed by atoms with E-state index in [-0.39, 0.29) is 17.7 Å². The molecule has 0 radical (unpaired) electrons. The van der Waals surface area contributed by atoms with Crippen molar-refractivity contribution in [3.8, 4) is 0 Å². The van der Waals surface area contributed by atoms with Crippen LogP contribution in [0.1, 0.15) is 72.4 Å². The van der Waals surface area contributed by atoms with Crippen LogP contribution in [0.25, 0.3) is 10.9 Å². The van der Waals surface area contributed by atoms with Crippen molar-refractivity contribution < 1.29 is 9.59 Å². The van der Waals surface area contributed by atoms with Crippen molar-refractivity contribution >= 4 is 28.4 Å². The summed E-state index contributed by atoms with van der Waals surface area (Å²) in [5.74, 6) is -0.858. The highest BCUT2D eigenvalue weighted by Gasteiger charge is 2.31. The summed E-state index contributed by atoms with van der Waals surface area (Å²) < 4.78 is 1.71. The first-order valence-corrected chi connectivity index (χ1v) is 9.53. The maximum atomic E-state index is 11.9. The molecule has 27 heavy (non-hydrogen) atoms. The number of hydrogen-bond acceptors (Lipinski definition) is 4. The Bertz CT molecular complexity index is 781. The molecule has 0 spiro atoms. The van der Waals surface area contributed by atoms with Crippen molar-refractivity contribution in [3.05, 3.63) is 23.9 Å². The first-order valence-electron chi connectivity index (χ1n) is 9.53. The number of nitrogens with two attached hydrogens (primary N) is 1. The Hall–Kier alpha value is -2.37. The topological polar surface area (TPSA) is 90.0 Å². The second kappa shape index (κ2) is 9.53. The molecular weight excluding hydrogens is 340 g/mol. The average Bonchev–Trinajstić information content (AvgIpc) is 2.83. The van der Waals surface area contributed by atoms with Gasteiger partial charge >= 0.3 is 0 Å². The van der Waals surface area contributed by atoms with Crippen LogP contribution in [0.2, 0.25) is 0 Å². The SMILES string of the molecule is CC(C)(C)C.CCC.Cn1nc(C2CCC(=O)NC2=O)c2ccc(N)cc21. The molecule has 1 unspecified atom stereocenters. The van der Waals surface area contributed by atoms with Gasteiger partial charge in [0.15, 0.2) is 0 Å². The highest BCUT2D eigenvalue weighted by atomic mass is 16.2. The van der Waals surface area contributed by atoms with E-state index in [2.05, 4.69) is 52.0 Å². The number of aromatic nitrogens is 2. The molecule has 2 aromatic rings. The third kappa shape index (κ3) is 7.04. The molecule has 0 saturated carbocycles. The first-order chi connectivity index (χ1) is 12.5. The number of anilines is 1. The summed E-state index contributed by atoms with van der Waals surface area (Å²) in [6.07, 6.45) is 2.10. The second-order valence-electron chi connectivity index (χ2n) is 8.50. The predicted molar refractivity (Wildman–Crippen MR) is 111 cm³/mol. The largest absolute Gasteiger partial charge is 0.399 e.